The molecule has 1 aliphatic heterocycles. The van der Waals surface area contributed by atoms with E-state index in [2.05, 4.69) is 57.7 Å². The van der Waals surface area contributed by atoms with Crippen LogP contribution in [0.5, 0.6) is 0 Å². The molecule has 1 atom stereocenters. The average molecular weight is 263 g/mol. The zero-order valence-corrected chi connectivity index (χ0v) is 11.3. The van der Waals surface area contributed by atoms with Gasteiger partial charge in [-0.3, -0.25) is 0 Å². The molecule has 0 saturated carbocycles. The Balaban J connectivity index is 1.71. The standard InChI is InChI=1S/C17H17N3/c1-2-4-13-9-14(6-5-12(13)3-1)16-11-19-17(20-16)15-7-8-18-10-15/h1-6,9,11,15,18H,7-8,10H2,(H,19,20). The Labute approximate surface area is 118 Å². The second-order valence-corrected chi connectivity index (χ2v) is 5.43. The van der Waals surface area contributed by atoms with Gasteiger partial charge in [0.05, 0.1) is 11.9 Å². The Kier molecular flexibility index (Phi) is 2.78. The van der Waals surface area contributed by atoms with Gasteiger partial charge in [-0.05, 0) is 29.8 Å². The van der Waals surface area contributed by atoms with Gasteiger partial charge in [-0.2, -0.15) is 0 Å². The van der Waals surface area contributed by atoms with Crippen molar-refractivity contribution >= 4 is 10.8 Å². The lowest BCUT2D eigenvalue weighted by Gasteiger charge is -2.04. The number of hydrogen-bond acceptors (Lipinski definition) is 2. The molecule has 0 amide bonds. The van der Waals surface area contributed by atoms with E-state index in [0.717, 1.165) is 24.6 Å². The molecule has 0 radical (unpaired) electrons. The van der Waals surface area contributed by atoms with Crippen LogP contribution in [0.4, 0.5) is 0 Å². The number of hydrogen-bond donors (Lipinski definition) is 2. The number of H-pyrrole nitrogens is 1. The van der Waals surface area contributed by atoms with Crippen LogP contribution < -0.4 is 5.32 Å². The zero-order chi connectivity index (χ0) is 13.4. The largest absolute Gasteiger partial charge is 0.342 e. The van der Waals surface area contributed by atoms with Gasteiger partial charge in [-0.25, -0.2) is 4.98 Å². The van der Waals surface area contributed by atoms with Crippen molar-refractivity contribution in [1.29, 1.82) is 0 Å². The van der Waals surface area contributed by atoms with E-state index < -0.39 is 0 Å². The molecule has 3 aromatic rings. The third-order valence-corrected chi connectivity index (χ3v) is 4.10. The Bertz CT molecular complexity index is 739. The summed E-state index contributed by atoms with van der Waals surface area (Å²) in [6.07, 6.45) is 3.13. The maximum absolute atomic E-state index is 4.56. The molecule has 100 valence electrons. The fraction of sp³-hybridized carbons (Fsp3) is 0.235. The summed E-state index contributed by atoms with van der Waals surface area (Å²) in [7, 11) is 0. The maximum Gasteiger partial charge on any atom is 0.110 e. The molecular weight excluding hydrogens is 246 g/mol. The van der Waals surface area contributed by atoms with Gasteiger partial charge >= 0.3 is 0 Å². The molecule has 20 heavy (non-hydrogen) atoms. The summed E-state index contributed by atoms with van der Waals surface area (Å²) in [5.41, 5.74) is 2.31. The van der Waals surface area contributed by atoms with E-state index in [0.29, 0.717) is 5.92 Å². The van der Waals surface area contributed by atoms with Gasteiger partial charge in [0.15, 0.2) is 0 Å². The topological polar surface area (TPSA) is 40.7 Å². The first-order valence-electron chi connectivity index (χ1n) is 7.15. The SMILES string of the molecule is c1ccc2cc(-c3cnc(C4CCNC4)[nH]3)ccc2c1. The molecule has 1 aromatic heterocycles. The van der Waals surface area contributed by atoms with Crippen LogP contribution in [0.3, 0.4) is 0 Å². The Morgan fingerprint density at radius 3 is 2.80 bits per heavy atom. The minimum absolute atomic E-state index is 0.532. The summed E-state index contributed by atoms with van der Waals surface area (Å²) in [5.74, 6) is 1.64. The first-order valence-corrected chi connectivity index (χ1v) is 7.15. The van der Waals surface area contributed by atoms with Crippen LogP contribution in [0.15, 0.2) is 48.7 Å². The first-order chi connectivity index (χ1) is 9.90. The summed E-state index contributed by atoms with van der Waals surface area (Å²) < 4.78 is 0. The van der Waals surface area contributed by atoms with E-state index in [9.17, 15) is 0 Å². The maximum atomic E-state index is 4.56. The molecule has 0 bridgehead atoms. The molecule has 1 unspecified atom stereocenters. The van der Waals surface area contributed by atoms with Crippen molar-refractivity contribution < 1.29 is 0 Å². The number of fused-ring (bicyclic) bond motifs is 1. The second-order valence-electron chi connectivity index (χ2n) is 5.43. The van der Waals surface area contributed by atoms with Crippen LogP contribution in [-0.4, -0.2) is 23.1 Å². The zero-order valence-electron chi connectivity index (χ0n) is 11.3. The predicted molar refractivity (Wildman–Crippen MR) is 81.8 cm³/mol. The lowest BCUT2D eigenvalue weighted by molar-refractivity contribution is 0.715. The molecule has 2 aromatic carbocycles. The lowest BCUT2D eigenvalue weighted by Crippen LogP contribution is -2.08. The second kappa shape index (κ2) is 4.76. The number of nitrogens with one attached hydrogen (secondary N) is 2. The van der Waals surface area contributed by atoms with Crippen molar-refractivity contribution in [2.45, 2.75) is 12.3 Å². The normalized spacial score (nSPS) is 18.7. The van der Waals surface area contributed by atoms with E-state index in [1.807, 2.05) is 6.20 Å². The summed E-state index contributed by atoms with van der Waals surface area (Å²) in [6.45, 7) is 2.13. The van der Waals surface area contributed by atoms with E-state index in [4.69, 9.17) is 0 Å². The number of imidazole rings is 1. The molecule has 1 fully saturated rings. The summed E-state index contributed by atoms with van der Waals surface area (Å²) in [6, 6.07) is 15.0. The van der Waals surface area contributed by atoms with E-state index in [1.54, 1.807) is 0 Å². The average Bonchev–Trinajstić information content (AvgIpc) is 3.17. The molecule has 2 heterocycles. The first kappa shape index (κ1) is 11.7. The summed E-state index contributed by atoms with van der Waals surface area (Å²) in [5, 5.41) is 5.93. The highest BCUT2D eigenvalue weighted by atomic mass is 15.0. The number of nitrogens with zero attached hydrogens (tertiary/aromatic N) is 1. The van der Waals surface area contributed by atoms with Crippen LogP contribution in [0, 0.1) is 0 Å². The van der Waals surface area contributed by atoms with Crippen LogP contribution in [0.25, 0.3) is 22.0 Å². The van der Waals surface area contributed by atoms with E-state index >= 15 is 0 Å². The lowest BCUT2D eigenvalue weighted by atomic mass is 10.1. The smallest absolute Gasteiger partial charge is 0.110 e. The van der Waals surface area contributed by atoms with Crippen molar-refractivity contribution in [3.8, 4) is 11.3 Å². The number of aromatic nitrogens is 2. The molecule has 3 nitrogen and oxygen atoms in total. The Morgan fingerprint density at radius 1 is 1.05 bits per heavy atom. The van der Waals surface area contributed by atoms with Crippen LogP contribution in [0.2, 0.25) is 0 Å². The van der Waals surface area contributed by atoms with Crippen molar-refractivity contribution in [1.82, 2.24) is 15.3 Å². The quantitative estimate of drug-likeness (QED) is 0.744. The van der Waals surface area contributed by atoms with Gasteiger partial charge in [0.25, 0.3) is 0 Å². The number of rotatable bonds is 2. The van der Waals surface area contributed by atoms with Crippen LogP contribution in [-0.2, 0) is 0 Å². The Morgan fingerprint density at radius 2 is 1.95 bits per heavy atom. The Hall–Kier alpha value is -2.13. The summed E-state index contributed by atoms with van der Waals surface area (Å²) in [4.78, 5) is 8.04. The van der Waals surface area contributed by atoms with Crippen LogP contribution in [0.1, 0.15) is 18.2 Å². The fourth-order valence-electron chi connectivity index (χ4n) is 2.94. The third-order valence-electron chi connectivity index (χ3n) is 4.10. The highest BCUT2D eigenvalue weighted by Crippen LogP contribution is 2.26. The molecule has 1 saturated heterocycles. The van der Waals surface area contributed by atoms with Gasteiger partial charge in [0, 0.05) is 18.0 Å². The van der Waals surface area contributed by atoms with Crippen molar-refractivity contribution in [3.63, 3.8) is 0 Å². The highest BCUT2D eigenvalue weighted by molar-refractivity contribution is 5.86. The monoisotopic (exact) mass is 263 g/mol. The van der Waals surface area contributed by atoms with Gasteiger partial charge in [0.1, 0.15) is 5.82 Å². The molecule has 1 aliphatic rings. The van der Waals surface area contributed by atoms with Crippen molar-refractivity contribution in [3.05, 3.63) is 54.5 Å². The number of aromatic amines is 1. The van der Waals surface area contributed by atoms with Gasteiger partial charge in [0.2, 0.25) is 0 Å². The number of benzene rings is 2. The van der Waals surface area contributed by atoms with Gasteiger partial charge in [-0.15, -0.1) is 0 Å². The van der Waals surface area contributed by atoms with Crippen molar-refractivity contribution in [2.24, 2.45) is 0 Å². The van der Waals surface area contributed by atoms with Crippen molar-refractivity contribution in [2.75, 3.05) is 13.1 Å². The molecule has 4 rings (SSSR count). The highest BCUT2D eigenvalue weighted by Gasteiger charge is 2.19. The minimum atomic E-state index is 0.532. The molecule has 3 heteroatoms. The van der Waals surface area contributed by atoms with E-state index in [-0.39, 0.29) is 0 Å². The summed E-state index contributed by atoms with van der Waals surface area (Å²) >= 11 is 0. The third kappa shape index (κ3) is 2.00. The minimum Gasteiger partial charge on any atom is -0.342 e. The predicted octanol–water partition coefficient (Wildman–Crippen LogP) is 3.31. The molecule has 0 aliphatic carbocycles. The van der Waals surface area contributed by atoms with E-state index in [1.165, 1.54) is 22.8 Å². The molecule has 2 N–H and O–H groups in total. The molecule has 0 spiro atoms. The van der Waals surface area contributed by atoms with Crippen LogP contribution >= 0.6 is 0 Å². The van der Waals surface area contributed by atoms with Gasteiger partial charge in [-0.1, -0.05) is 36.4 Å². The fourth-order valence-corrected chi connectivity index (χ4v) is 2.94. The van der Waals surface area contributed by atoms with Gasteiger partial charge < -0.3 is 10.3 Å². The molecular formula is C17H17N3.